The maximum Gasteiger partial charge on any atom is 0.240 e. The van der Waals surface area contributed by atoms with E-state index in [1.165, 1.54) is 12.8 Å². The summed E-state index contributed by atoms with van der Waals surface area (Å²) < 4.78 is 29.4. The highest BCUT2D eigenvalue weighted by molar-refractivity contribution is 7.89. The highest BCUT2D eigenvalue weighted by Gasteiger charge is 2.33. The molecule has 3 aliphatic rings. The highest BCUT2D eigenvalue weighted by Crippen LogP contribution is 2.25. The first-order valence-corrected chi connectivity index (χ1v) is 15.4. The summed E-state index contributed by atoms with van der Waals surface area (Å²) in [5.74, 6) is 0.181. The molecule has 200 valence electrons. The molecule has 1 N–H and O–H groups in total. The van der Waals surface area contributed by atoms with Crippen molar-refractivity contribution in [3.63, 3.8) is 0 Å². The van der Waals surface area contributed by atoms with Gasteiger partial charge in [-0.3, -0.25) is 9.69 Å². The lowest BCUT2D eigenvalue weighted by Gasteiger charge is -2.35. The molecule has 3 fully saturated rings. The van der Waals surface area contributed by atoms with Crippen LogP contribution in [0.3, 0.4) is 0 Å². The summed E-state index contributed by atoms with van der Waals surface area (Å²) in [4.78, 5) is 20.2. The van der Waals surface area contributed by atoms with E-state index in [0.29, 0.717) is 24.2 Å². The number of hydrogen-bond acceptors (Lipinski definition) is 5. The second-order valence-electron chi connectivity index (χ2n) is 10.6. The van der Waals surface area contributed by atoms with E-state index < -0.39 is 10.0 Å². The van der Waals surface area contributed by atoms with Crippen LogP contribution in [-0.4, -0.2) is 86.9 Å². The average Bonchev–Trinajstić information content (AvgIpc) is 3.57. The summed E-state index contributed by atoms with van der Waals surface area (Å²) in [6, 6.07) is 14.4. The number of sulfonamides is 1. The molecule has 0 aromatic heterocycles. The first kappa shape index (κ1) is 26.6. The lowest BCUT2D eigenvalue weighted by molar-refractivity contribution is -0.133. The third-order valence-corrected chi connectivity index (χ3v) is 9.64. The van der Waals surface area contributed by atoms with E-state index in [2.05, 4.69) is 19.4 Å². The Morgan fingerprint density at radius 2 is 1.62 bits per heavy atom. The number of hydrogen-bond donors (Lipinski definition) is 1. The Bertz CT molecular complexity index is 1180. The molecule has 2 atom stereocenters. The first-order chi connectivity index (χ1) is 17.9. The predicted molar refractivity (Wildman–Crippen MR) is 147 cm³/mol. The molecular weight excluding hydrogens is 508 g/mol. The van der Waals surface area contributed by atoms with Crippen LogP contribution in [0, 0.1) is 0 Å². The van der Waals surface area contributed by atoms with Crippen molar-refractivity contribution in [3.8, 4) is 11.1 Å². The maximum absolute atomic E-state index is 13.3. The van der Waals surface area contributed by atoms with Gasteiger partial charge in [0.05, 0.1) is 11.4 Å². The Labute approximate surface area is 225 Å². The Morgan fingerprint density at radius 3 is 2.41 bits per heavy atom. The third-order valence-electron chi connectivity index (χ3n) is 7.87. The van der Waals surface area contributed by atoms with Gasteiger partial charge < -0.3 is 9.80 Å². The summed E-state index contributed by atoms with van der Waals surface area (Å²) >= 11 is 6.00. The third kappa shape index (κ3) is 6.73. The molecule has 0 bridgehead atoms. The molecule has 2 aromatic carbocycles. The number of amides is 1. The summed E-state index contributed by atoms with van der Waals surface area (Å²) in [5.41, 5.74) is 1.73. The van der Waals surface area contributed by atoms with Crippen molar-refractivity contribution in [2.45, 2.75) is 55.5 Å². The molecule has 0 radical (unpaired) electrons. The second kappa shape index (κ2) is 11.8. The molecule has 3 aliphatic heterocycles. The first-order valence-electron chi connectivity index (χ1n) is 13.5. The lowest BCUT2D eigenvalue weighted by Crippen LogP contribution is -2.52. The number of carbonyl (C=O) groups is 1. The molecule has 3 saturated heterocycles. The largest absolute Gasteiger partial charge is 0.337 e. The molecule has 0 saturated carbocycles. The fourth-order valence-electron chi connectivity index (χ4n) is 5.97. The normalized spacial score (nSPS) is 23.5. The number of nitrogens with zero attached hydrogens (tertiary/aromatic N) is 3. The zero-order chi connectivity index (χ0) is 25.8. The number of rotatable bonds is 8. The predicted octanol–water partition coefficient (Wildman–Crippen LogP) is 3.84. The minimum Gasteiger partial charge on any atom is -0.337 e. The van der Waals surface area contributed by atoms with E-state index >= 15 is 0 Å². The van der Waals surface area contributed by atoms with Crippen LogP contribution in [0.5, 0.6) is 0 Å². The van der Waals surface area contributed by atoms with E-state index in [9.17, 15) is 13.2 Å². The van der Waals surface area contributed by atoms with Gasteiger partial charge in [0.25, 0.3) is 0 Å². The van der Waals surface area contributed by atoms with Gasteiger partial charge in [-0.05, 0) is 93.6 Å². The van der Waals surface area contributed by atoms with Gasteiger partial charge in [-0.25, -0.2) is 13.1 Å². The monoisotopic (exact) mass is 544 g/mol. The number of piperidine rings is 1. The average molecular weight is 545 g/mol. The maximum atomic E-state index is 13.3. The standard InChI is InChI=1S/C28H37ClN4O3S/c29-24-12-10-22(11-13-24)23-6-3-9-27(18-23)37(35,36)30-25-7-4-16-32(19-25)21-28(34)33-17-5-8-26(33)20-31-14-1-2-15-31/h3,6,9-13,18,25-26,30H,1-2,4-5,7-8,14-17,19-21H2/t25-,26-/m0/s1. The van der Waals surface area contributed by atoms with E-state index in [4.69, 9.17) is 11.6 Å². The molecule has 3 heterocycles. The van der Waals surface area contributed by atoms with E-state index in [1.54, 1.807) is 30.3 Å². The van der Waals surface area contributed by atoms with Crippen molar-refractivity contribution in [1.82, 2.24) is 19.4 Å². The molecule has 0 spiro atoms. The molecule has 9 heteroatoms. The van der Waals surface area contributed by atoms with Crippen LogP contribution in [0.4, 0.5) is 0 Å². The van der Waals surface area contributed by atoms with Crippen LogP contribution < -0.4 is 4.72 Å². The van der Waals surface area contributed by atoms with Crippen molar-refractivity contribution in [2.24, 2.45) is 0 Å². The number of carbonyl (C=O) groups excluding carboxylic acids is 1. The van der Waals surface area contributed by atoms with Crippen molar-refractivity contribution < 1.29 is 13.2 Å². The van der Waals surface area contributed by atoms with Crippen molar-refractivity contribution in [3.05, 3.63) is 53.6 Å². The van der Waals surface area contributed by atoms with Gasteiger partial charge in [0.15, 0.2) is 0 Å². The molecule has 0 unspecified atom stereocenters. The van der Waals surface area contributed by atoms with Gasteiger partial charge in [-0.1, -0.05) is 35.9 Å². The Hall–Kier alpha value is -1.97. The van der Waals surface area contributed by atoms with E-state index in [0.717, 1.165) is 69.5 Å². The van der Waals surface area contributed by atoms with Gasteiger partial charge >= 0.3 is 0 Å². The van der Waals surface area contributed by atoms with Gasteiger partial charge in [-0.2, -0.15) is 0 Å². The zero-order valence-electron chi connectivity index (χ0n) is 21.3. The van der Waals surface area contributed by atoms with Gasteiger partial charge in [0.2, 0.25) is 15.9 Å². The highest BCUT2D eigenvalue weighted by atomic mass is 35.5. The minimum absolute atomic E-state index is 0.181. The minimum atomic E-state index is -3.69. The van der Waals surface area contributed by atoms with Crippen molar-refractivity contribution >= 4 is 27.5 Å². The number of halogens is 1. The molecule has 7 nitrogen and oxygen atoms in total. The molecule has 2 aromatic rings. The molecule has 0 aliphatic carbocycles. The molecule has 1 amide bonds. The van der Waals surface area contributed by atoms with Crippen LogP contribution >= 0.6 is 11.6 Å². The Balaban J connectivity index is 1.18. The van der Waals surface area contributed by atoms with E-state index in [1.807, 2.05) is 18.2 Å². The lowest BCUT2D eigenvalue weighted by atomic mass is 10.1. The Kier molecular flexibility index (Phi) is 8.51. The van der Waals surface area contributed by atoms with Gasteiger partial charge in [-0.15, -0.1) is 0 Å². The molecule has 5 rings (SSSR count). The second-order valence-corrected chi connectivity index (χ2v) is 12.8. The van der Waals surface area contributed by atoms with E-state index in [-0.39, 0.29) is 16.8 Å². The fraction of sp³-hybridized carbons (Fsp3) is 0.536. The molecular formula is C28H37ClN4O3S. The summed E-state index contributed by atoms with van der Waals surface area (Å²) in [7, 11) is -3.69. The zero-order valence-corrected chi connectivity index (χ0v) is 22.9. The van der Waals surface area contributed by atoms with Gasteiger partial charge in [0.1, 0.15) is 0 Å². The number of benzene rings is 2. The van der Waals surface area contributed by atoms with Crippen LogP contribution in [0.25, 0.3) is 11.1 Å². The Morgan fingerprint density at radius 1 is 0.892 bits per heavy atom. The molecule has 37 heavy (non-hydrogen) atoms. The fourth-order valence-corrected chi connectivity index (χ4v) is 7.40. The summed E-state index contributed by atoms with van der Waals surface area (Å²) in [6.45, 7) is 5.85. The van der Waals surface area contributed by atoms with Crippen LogP contribution in [-0.2, 0) is 14.8 Å². The smallest absolute Gasteiger partial charge is 0.240 e. The quantitative estimate of drug-likeness (QED) is 0.547. The topological polar surface area (TPSA) is 73.0 Å². The van der Waals surface area contributed by atoms with Crippen molar-refractivity contribution in [2.75, 3.05) is 45.8 Å². The summed E-state index contributed by atoms with van der Waals surface area (Å²) in [6.07, 6.45) is 6.31. The van der Waals surface area contributed by atoms with Gasteiger partial charge in [0, 0.05) is 36.7 Å². The SMILES string of the molecule is O=C(CN1CCC[C@H](NS(=O)(=O)c2cccc(-c3ccc(Cl)cc3)c2)C1)N1CCC[C@H]1CN1CCCC1. The number of likely N-dealkylation sites (tertiary alicyclic amines) is 3. The number of nitrogens with one attached hydrogen (secondary N) is 1. The van der Waals surface area contributed by atoms with Crippen LogP contribution in [0.1, 0.15) is 38.5 Å². The summed E-state index contributed by atoms with van der Waals surface area (Å²) in [5, 5.41) is 0.640. The van der Waals surface area contributed by atoms with Crippen LogP contribution in [0.2, 0.25) is 5.02 Å². The van der Waals surface area contributed by atoms with Crippen LogP contribution in [0.15, 0.2) is 53.4 Å². The van der Waals surface area contributed by atoms with Crippen molar-refractivity contribution in [1.29, 1.82) is 0 Å².